The number of nitrogens with zero attached hydrogens (tertiary/aromatic N) is 2. The summed E-state index contributed by atoms with van der Waals surface area (Å²) in [5.41, 5.74) is 1.88. The zero-order valence-electron chi connectivity index (χ0n) is 15.5. The van der Waals surface area contributed by atoms with E-state index in [-0.39, 0.29) is 29.3 Å². The summed E-state index contributed by atoms with van der Waals surface area (Å²) >= 11 is 0. The van der Waals surface area contributed by atoms with Crippen LogP contribution in [-0.4, -0.2) is 56.4 Å². The minimum Gasteiger partial charge on any atom is -0.406 e. The highest BCUT2D eigenvalue weighted by molar-refractivity contribution is 7.89. The maximum absolute atomic E-state index is 13.0. The molecule has 0 unspecified atom stereocenters. The van der Waals surface area contributed by atoms with Crippen LogP contribution >= 0.6 is 0 Å². The molecule has 30 heavy (non-hydrogen) atoms. The second-order valence-electron chi connectivity index (χ2n) is 6.37. The molecule has 1 heterocycles. The van der Waals surface area contributed by atoms with Crippen LogP contribution in [0.15, 0.2) is 53.4 Å². The molecule has 0 radical (unpaired) electrons. The molecule has 162 valence electrons. The minimum atomic E-state index is -4.77. The Bertz CT molecular complexity index is 1000. The van der Waals surface area contributed by atoms with Gasteiger partial charge in [-0.2, -0.15) is 4.31 Å². The van der Waals surface area contributed by atoms with Gasteiger partial charge in [-0.25, -0.2) is 13.9 Å². The molecule has 12 heteroatoms. The summed E-state index contributed by atoms with van der Waals surface area (Å²) in [4.78, 5) is 13.4. The number of ether oxygens (including phenoxy) is 1. The van der Waals surface area contributed by atoms with Gasteiger partial charge in [0.25, 0.3) is 5.91 Å². The quantitative estimate of drug-likeness (QED) is 0.541. The fraction of sp³-hybridized carbons (Fsp3) is 0.278. The van der Waals surface area contributed by atoms with E-state index in [0.717, 1.165) is 0 Å². The number of rotatable bonds is 5. The number of hydroxylamine groups is 1. The van der Waals surface area contributed by atoms with E-state index in [1.54, 1.807) is 0 Å². The van der Waals surface area contributed by atoms with E-state index in [4.69, 9.17) is 5.21 Å². The zero-order chi connectivity index (χ0) is 21.9. The summed E-state index contributed by atoms with van der Waals surface area (Å²) in [5.74, 6) is -1.28. The van der Waals surface area contributed by atoms with Crippen molar-refractivity contribution in [2.45, 2.75) is 11.3 Å². The van der Waals surface area contributed by atoms with E-state index in [1.807, 2.05) is 4.90 Å². The van der Waals surface area contributed by atoms with Gasteiger partial charge in [-0.05, 0) is 36.4 Å². The molecule has 0 aromatic heterocycles. The molecule has 0 spiro atoms. The molecule has 2 N–H and O–H groups in total. The number of alkyl halides is 3. The van der Waals surface area contributed by atoms with Crippen molar-refractivity contribution in [1.82, 2.24) is 9.79 Å². The second-order valence-corrected chi connectivity index (χ2v) is 8.28. The van der Waals surface area contributed by atoms with Gasteiger partial charge in [0.15, 0.2) is 0 Å². The van der Waals surface area contributed by atoms with Crippen molar-refractivity contribution in [3.8, 4) is 5.75 Å². The van der Waals surface area contributed by atoms with Crippen LogP contribution in [0.3, 0.4) is 0 Å². The highest BCUT2D eigenvalue weighted by Gasteiger charge is 2.32. The smallest absolute Gasteiger partial charge is 0.406 e. The lowest BCUT2D eigenvalue weighted by Gasteiger charge is -2.35. The lowest BCUT2D eigenvalue weighted by molar-refractivity contribution is -0.274. The molecular weight excluding hydrogens is 427 g/mol. The summed E-state index contributed by atoms with van der Waals surface area (Å²) in [7, 11) is -3.99. The van der Waals surface area contributed by atoms with Gasteiger partial charge in [-0.1, -0.05) is 12.1 Å². The Hall–Kier alpha value is -2.83. The SMILES string of the molecule is O=C(NO)c1ccccc1S(=O)(=O)N1CCN(c2ccc(OC(F)(F)F)cc2)CC1. The van der Waals surface area contributed by atoms with E-state index < -0.39 is 22.3 Å². The van der Waals surface area contributed by atoms with Gasteiger partial charge in [0, 0.05) is 31.9 Å². The van der Waals surface area contributed by atoms with Gasteiger partial charge in [-0.15, -0.1) is 13.2 Å². The third kappa shape index (κ3) is 4.83. The van der Waals surface area contributed by atoms with E-state index >= 15 is 0 Å². The largest absolute Gasteiger partial charge is 0.573 e. The van der Waals surface area contributed by atoms with Gasteiger partial charge >= 0.3 is 6.36 Å². The number of carbonyl (C=O) groups is 1. The highest BCUT2D eigenvalue weighted by atomic mass is 32.2. The molecule has 2 aromatic carbocycles. The molecule has 8 nitrogen and oxygen atoms in total. The van der Waals surface area contributed by atoms with Crippen LogP contribution < -0.4 is 15.1 Å². The number of hydrogen-bond donors (Lipinski definition) is 2. The van der Waals surface area contributed by atoms with E-state index in [1.165, 1.54) is 58.3 Å². The van der Waals surface area contributed by atoms with Crippen LogP contribution in [0, 0.1) is 0 Å². The van der Waals surface area contributed by atoms with Crippen LogP contribution in [0.5, 0.6) is 5.75 Å². The Kier molecular flexibility index (Phi) is 6.19. The monoisotopic (exact) mass is 445 g/mol. The second kappa shape index (κ2) is 8.50. The first-order valence-corrected chi connectivity index (χ1v) is 10.2. The maximum atomic E-state index is 13.0. The van der Waals surface area contributed by atoms with Crippen LogP contribution in [0.4, 0.5) is 18.9 Å². The van der Waals surface area contributed by atoms with Crippen molar-refractivity contribution in [3.05, 3.63) is 54.1 Å². The third-order valence-electron chi connectivity index (χ3n) is 4.53. The number of hydrogen-bond acceptors (Lipinski definition) is 6. The number of halogens is 3. The standard InChI is InChI=1S/C18H18F3N3O5S/c19-18(20,21)29-14-7-5-13(6-8-14)23-9-11-24(12-10-23)30(27,28)16-4-2-1-3-15(16)17(25)22-26/h1-8,26H,9-12H2,(H,22,25). The Morgan fingerprint density at radius 3 is 2.17 bits per heavy atom. The molecule has 2 aromatic rings. The molecule has 0 aliphatic carbocycles. The van der Waals surface area contributed by atoms with Crippen molar-refractivity contribution in [3.63, 3.8) is 0 Å². The normalized spacial score (nSPS) is 15.7. The predicted octanol–water partition coefficient (Wildman–Crippen LogP) is 2.22. The van der Waals surface area contributed by atoms with Gasteiger partial charge in [0.05, 0.1) is 10.5 Å². The molecule has 1 saturated heterocycles. The summed E-state index contributed by atoms with van der Waals surface area (Å²) in [6.07, 6.45) is -4.77. The van der Waals surface area contributed by atoms with Gasteiger partial charge in [-0.3, -0.25) is 10.0 Å². The first kappa shape index (κ1) is 21.9. The Morgan fingerprint density at radius 1 is 1.00 bits per heavy atom. The minimum absolute atomic E-state index is 0.109. The molecule has 3 rings (SSSR count). The number of nitrogens with one attached hydrogen (secondary N) is 1. The lowest BCUT2D eigenvalue weighted by atomic mass is 10.2. The van der Waals surface area contributed by atoms with Gasteiger partial charge < -0.3 is 9.64 Å². The van der Waals surface area contributed by atoms with Crippen molar-refractivity contribution in [1.29, 1.82) is 0 Å². The maximum Gasteiger partial charge on any atom is 0.573 e. The molecular formula is C18H18F3N3O5S. The number of benzene rings is 2. The number of piperazine rings is 1. The zero-order valence-corrected chi connectivity index (χ0v) is 16.3. The van der Waals surface area contributed by atoms with Gasteiger partial charge in [0.2, 0.25) is 10.0 Å². The van der Waals surface area contributed by atoms with Crippen molar-refractivity contribution in [2.24, 2.45) is 0 Å². The number of amides is 1. The fourth-order valence-electron chi connectivity index (χ4n) is 3.12. The Morgan fingerprint density at radius 2 is 1.60 bits per heavy atom. The van der Waals surface area contributed by atoms with E-state index in [0.29, 0.717) is 18.8 Å². The first-order chi connectivity index (χ1) is 14.1. The summed E-state index contributed by atoms with van der Waals surface area (Å²) in [5, 5.41) is 8.85. The molecule has 1 fully saturated rings. The average molecular weight is 445 g/mol. The summed E-state index contributed by atoms with van der Waals surface area (Å²) in [6, 6.07) is 10.8. The third-order valence-corrected chi connectivity index (χ3v) is 6.48. The Balaban J connectivity index is 1.70. The van der Waals surface area contributed by atoms with Crippen molar-refractivity contribution in [2.75, 3.05) is 31.1 Å². The summed E-state index contributed by atoms with van der Waals surface area (Å²) < 4.78 is 67.8. The molecule has 0 atom stereocenters. The van der Waals surface area contributed by atoms with Crippen molar-refractivity contribution < 1.29 is 36.3 Å². The highest BCUT2D eigenvalue weighted by Crippen LogP contribution is 2.27. The van der Waals surface area contributed by atoms with Crippen LogP contribution in [-0.2, 0) is 10.0 Å². The Labute approximate surface area is 170 Å². The molecule has 1 aliphatic heterocycles. The van der Waals surface area contributed by atoms with Crippen LogP contribution in [0.1, 0.15) is 10.4 Å². The van der Waals surface area contributed by atoms with E-state index in [2.05, 4.69) is 4.74 Å². The van der Waals surface area contributed by atoms with Crippen LogP contribution in [0.25, 0.3) is 0 Å². The number of sulfonamides is 1. The first-order valence-electron chi connectivity index (χ1n) is 8.76. The molecule has 1 amide bonds. The lowest BCUT2D eigenvalue weighted by Crippen LogP contribution is -2.49. The van der Waals surface area contributed by atoms with E-state index in [9.17, 15) is 26.4 Å². The number of anilines is 1. The molecule has 0 saturated carbocycles. The van der Waals surface area contributed by atoms with Gasteiger partial charge in [0.1, 0.15) is 5.75 Å². The molecule has 1 aliphatic rings. The predicted molar refractivity (Wildman–Crippen MR) is 99.8 cm³/mol. The fourth-order valence-corrected chi connectivity index (χ4v) is 4.74. The topological polar surface area (TPSA) is 99.2 Å². The average Bonchev–Trinajstić information content (AvgIpc) is 2.72. The summed E-state index contributed by atoms with van der Waals surface area (Å²) in [6.45, 7) is 0.816. The molecule has 0 bridgehead atoms. The number of carbonyl (C=O) groups excluding carboxylic acids is 1. The van der Waals surface area contributed by atoms with Crippen molar-refractivity contribution >= 4 is 21.6 Å². The van der Waals surface area contributed by atoms with Crippen LogP contribution in [0.2, 0.25) is 0 Å².